The van der Waals surface area contributed by atoms with Crippen molar-refractivity contribution in [2.75, 3.05) is 20.1 Å². The lowest BCUT2D eigenvalue weighted by atomic mass is 9.95. The second kappa shape index (κ2) is 6.82. The van der Waals surface area contributed by atoms with Gasteiger partial charge in [-0.25, -0.2) is 0 Å². The Hall–Kier alpha value is -1.44. The normalized spacial score (nSPS) is 25.9. The van der Waals surface area contributed by atoms with E-state index in [-0.39, 0.29) is 12.5 Å². The topological polar surface area (TPSA) is 69.7 Å². The van der Waals surface area contributed by atoms with Gasteiger partial charge < -0.3 is 5.32 Å². The van der Waals surface area contributed by atoms with Gasteiger partial charge in [-0.1, -0.05) is 31.2 Å². The molecule has 7 heteroatoms. The highest BCUT2D eigenvalue weighted by Gasteiger charge is 2.42. The molecule has 0 bridgehead atoms. The molecule has 1 aromatic rings. The number of amides is 1. The maximum atomic E-state index is 13.2. The molecule has 2 heterocycles. The van der Waals surface area contributed by atoms with E-state index in [1.54, 1.807) is 11.4 Å². The molecule has 2 aliphatic rings. The van der Waals surface area contributed by atoms with Gasteiger partial charge in [0.25, 0.3) is 10.2 Å². The van der Waals surface area contributed by atoms with Crippen LogP contribution in [0.3, 0.4) is 0 Å². The zero-order chi connectivity index (χ0) is 17.3. The van der Waals surface area contributed by atoms with Gasteiger partial charge in [-0.15, -0.1) is 0 Å². The molecule has 1 N–H and O–H groups in total. The van der Waals surface area contributed by atoms with E-state index in [4.69, 9.17) is 0 Å². The van der Waals surface area contributed by atoms with Crippen LogP contribution < -0.4 is 5.32 Å². The Morgan fingerprint density at radius 2 is 1.96 bits per heavy atom. The highest BCUT2D eigenvalue weighted by Crippen LogP contribution is 2.29. The van der Waals surface area contributed by atoms with Crippen molar-refractivity contribution in [3.05, 3.63) is 35.4 Å². The minimum Gasteiger partial charge on any atom is -0.358 e. The summed E-state index contributed by atoms with van der Waals surface area (Å²) in [5, 5.41) is 2.62. The van der Waals surface area contributed by atoms with Crippen LogP contribution in [-0.2, 0) is 28.0 Å². The average Bonchev–Trinajstić information content (AvgIpc) is 2.60. The van der Waals surface area contributed by atoms with Crippen molar-refractivity contribution in [1.82, 2.24) is 13.9 Å². The van der Waals surface area contributed by atoms with Crippen molar-refractivity contribution < 1.29 is 13.2 Å². The molecule has 0 aromatic heterocycles. The molecule has 2 atom stereocenters. The number of carbonyl (C=O) groups excluding carboxylic acids is 1. The van der Waals surface area contributed by atoms with E-state index in [0.29, 0.717) is 25.4 Å². The molecule has 6 nitrogen and oxygen atoms in total. The lowest BCUT2D eigenvalue weighted by Crippen LogP contribution is -2.57. The van der Waals surface area contributed by atoms with Gasteiger partial charge in [0.15, 0.2) is 0 Å². The summed E-state index contributed by atoms with van der Waals surface area (Å²) >= 11 is 0. The Balaban J connectivity index is 1.95. The Bertz CT molecular complexity index is 720. The van der Waals surface area contributed by atoms with Crippen LogP contribution in [0.1, 0.15) is 30.9 Å². The first-order valence-corrected chi connectivity index (χ1v) is 9.88. The molecule has 0 spiro atoms. The average molecular weight is 351 g/mol. The third-order valence-electron chi connectivity index (χ3n) is 5.00. The molecular weight excluding hydrogens is 326 g/mol. The van der Waals surface area contributed by atoms with Crippen molar-refractivity contribution in [2.45, 2.75) is 38.8 Å². The Labute approximate surface area is 144 Å². The predicted molar refractivity (Wildman–Crippen MR) is 92.4 cm³/mol. The molecule has 132 valence electrons. The summed E-state index contributed by atoms with van der Waals surface area (Å²) in [5.74, 6) is 0.0992. The van der Waals surface area contributed by atoms with E-state index >= 15 is 0 Å². The van der Waals surface area contributed by atoms with Gasteiger partial charge in [0.05, 0.1) is 0 Å². The summed E-state index contributed by atoms with van der Waals surface area (Å²) < 4.78 is 29.3. The minimum atomic E-state index is -3.66. The van der Waals surface area contributed by atoms with Crippen LogP contribution in [0, 0.1) is 5.92 Å². The molecule has 1 amide bonds. The number of rotatable bonds is 3. The van der Waals surface area contributed by atoms with Crippen LogP contribution in [0.4, 0.5) is 0 Å². The first-order chi connectivity index (χ1) is 11.4. The molecule has 0 radical (unpaired) electrons. The van der Waals surface area contributed by atoms with Gasteiger partial charge in [0, 0.05) is 26.7 Å². The third kappa shape index (κ3) is 3.20. The first-order valence-electron chi connectivity index (χ1n) is 8.48. The number of likely N-dealkylation sites (N-methyl/N-ethyl adjacent to an activating group) is 1. The Morgan fingerprint density at radius 3 is 2.62 bits per heavy atom. The number of hydrogen-bond acceptors (Lipinski definition) is 3. The van der Waals surface area contributed by atoms with Crippen molar-refractivity contribution in [3.63, 3.8) is 0 Å². The van der Waals surface area contributed by atoms with E-state index in [1.165, 1.54) is 4.31 Å². The number of benzene rings is 1. The van der Waals surface area contributed by atoms with Crippen LogP contribution in [0.25, 0.3) is 0 Å². The van der Waals surface area contributed by atoms with E-state index in [2.05, 4.69) is 12.2 Å². The molecular formula is C17H25N3O3S. The summed E-state index contributed by atoms with van der Waals surface area (Å²) in [4.78, 5) is 12.3. The van der Waals surface area contributed by atoms with E-state index < -0.39 is 16.3 Å². The number of piperidine rings is 1. The summed E-state index contributed by atoms with van der Waals surface area (Å²) in [6, 6.07) is 7.06. The maximum absolute atomic E-state index is 13.2. The standard InChI is InChI=1S/C17H25N3O3S/c1-13-6-5-9-19(11-13)24(22,23)20-12-15-8-4-3-7-14(15)10-16(20)17(21)18-2/h3-4,7-8,13,16H,5-6,9-12H2,1-2H3,(H,18,21)/t13-,16+/m0/s1. The monoisotopic (exact) mass is 351 g/mol. The summed E-state index contributed by atoms with van der Waals surface area (Å²) in [7, 11) is -2.11. The maximum Gasteiger partial charge on any atom is 0.283 e. The van der Waals surface area contributed by atoms with Gasteiger partial charge in [-0.2, -0.15) is 17.0 Å². The highest BCUT2D eigenvalue weighted by atomic mass is 32.2. The second-order valence-electron chi connectivity index (χ2n) is 6.76. The van der Waals surface area contributed by atoms with Gasteiger partial charge in [-0.05, 0) is 36.3 Å². The Morgan fingerprint density at radius 1 is 1.25 bits per heavy atom. The fourth-order valence-corrected chi connectivity index (χ4v) is 5.53. The fraction of sp³-hybridized carbons (Fsp3) is 0.588. The highest BCUT2D eigenvalue weighted by molar-refractivity contribution is 7.86. The molecule has 0 aliphatic carbocycles. The quantitative estimate of drug-likeness (QED) is 0.888. The zero-order valence-corrected chi connectivity index (χ0v) is 15.1. The van der Waals surface area contributed by atoms with Crippen molar-refractivity contribution >= 4 is 16.1 Å². The summed E-state index contributed by atoms with van der Waals surface area (Å²) in [5.41, 5.74) is 2.02. The largest absolute Gasteiger partial charge is 0.358 e. The number of nitrogens with one attached hydrogen (secondary N) is 1. The van der Waals surface area contributed by atoms with Crippen LogP contribution in [0.2, 0.25) is 0 Å². The SMILES string of the molecule is CNC(=O)[C@H]1Cc2ccccc2CN1S(=O)(=O)N1CCC[C@H](C)C1. The van der Waals surface area contributed by atoms with Crippen LogP contribution >= 0.6 is 0 Å². The zero-order valence-electron chi connectivity index (χ0n) is 14.2. The molecule has 0 unspecified atom stereocenters. The number of fused-ring (bicyclic) bond motifs is 1. The summed E-state index contributed by atoms with van der Waals surface area (Å²) in [6.07, 6.45) is 2.33. The van der Waals surface area contributed by atoms with Crippen LogP contribution in [0.5, 0.6) is 0 Å². The van der Waals surface area contributed by atoms with Gasteiger partial charge in [0.1, 0.15) is 6.04 Å². The van der Waals surface area contributed by atoms with E-state index in [0.717, 1.165) is 24.0 Å². The second-order valence-corrected chi connectivity index (χ2v) is 8.64. The lowest BCUT2D eigenvalue weighted by Gasteiger charge is -2.39. The van der Waals surface area contributed by atoms with Crippen molar-refractivity contribution in [1.29, 1.82) is 0 Å². The number of hydrogen-bond donors (Lipinski definition) is 1. The Kier molecular flexibility index (Phi) is 4.94. The molecule has 1 aromatic carbocycles. The van der Waals surface area contributed by atoms with Crippen LogP contribution in [0.15, 0.2) is 24.3 Å². The number of nitrogens with zero attached hydrogens (tertiary/aromatic N) is 2. The lowest BCUT2D eigenvalue weighted by molar-refractivity contribution is -0.124. The molecule has 1 saturated heterocycles. The molecule has 2 aliphatic heterocycles. The van der Waals surface area contributed by atoms with E-state index in [1.807, 2.05) is 24.3 Å². The van der Waals surface area contributed by atoms with Gasteiger partial charge in [0.2, 0.25) is 5.91 Å². The fourth-order valence-electron chi connectivity index (χ4n) is 3.64. The van der Waals surface area contributed by atoms with Crippen molar-refractivity contribution in [3.8, 4) is 0 Å². The molecule has 0 saturated carbocycles. The first kappa shape index (κ1) is 17.4. The molecule has 3 rings (SSSR count). The smallest absolute Gasteiger partial charge is 0.283 e. The third-order valence-corrected chi connectivity index (χ3v) is 6.96. The van der Waals surface area contributed by atoms with Gasteiger partial charge >= 0.3 is 0 Å². The summed E-state index contributed by atoms with van der Waals surface area (Å²) in [6.45, 7) is 3.39. The van der Waals surface area contributed by atoms with Crippen LogP contribution in [-0.4, -0.2) is 49.1 Å². The van der Waals surface area contributed by atoms with E-state index in [9.17, 15) is 13.2 Å². The van der Waals surface area contributed by atoms with Crippen molar-refractivity contribution in [2.24, 2.45) is 5.92 Å². The molecule has 24 heavy (non-hydrogen) atoms. The predicted octanol–water partition coefficient (Wildman–Crippen LogP) is 1.14. The van der Waals surface area contributed by atoms with Gasteiger partial charge in [-0.3, -0.25) is 4.79 Å². The number of carbonyl (C=O) groups is 1. The molecule has 1 fully saturated rings. The minimum absolute atomic E-state index is 0.251.